The number of morpholine rings is 1. The van der Waals surface area contributed by atoms with Gasteiger partial charge in [-0.15, -0.1) is 0 Å². The number of carbonyl (C=O) groups excluding carboxylic acids is 1. The third kappa shape index (κ3) is 2.82. The molecule has 1 fully saturated rings. The lowest BCUT2D eigenvalue weighted by Crippen LogP contribution is -2.41. The van der Waals surface area contributed by atoms with Crippen LogP contribution in [0.3, 0.4) is 0 Å². The molecule has 0 spiro atoms. The van der Waals surface area contributed by atoms with Gasteiger partial charge < -0.3 is 19.5 Å². The van der Waals surface area contributed by atoms with E-state index in [1.54, 1.807) is 6.07 Å². The number of hydrogen-bond acceptors (Lipinski definition) is 4. The Kier molecular flexibility index (Phi) is 3.84. The molecule has 5 nitrogen and oxygen atoms in total. The Balaban J connectivity index is 1.89. The molecule has 2 heterocycles. The predicted molar refractivity (Wildman–Crippen MR) is 95.4 cm³/mol. The van der Waals surface area contributed by atoms with E-state index in [1.165, 1.54) is 0 Å². The van der Waals surface area contributed by atoms with Crippen molar-refractivity contribution in [1.82, 2.24) is 4.90 Å². The van der Waals surface area contributed by atoms with Crippen LogP contribution in [-0.4, -0.2) is 47.8 Å². The Morgan fingerprint density at radius 2 is 1.96 bits per heavy atom. The number of rotatable bonds is 1. The number of aromatic hydroxyl groups is 1. The lowest BCUT2D eigenvalue weighted by Gasteiger charge is -2.35. The molecule has 5 heteroatoms. The van der Waals surface area contributed by atoms with Gasteiger partial charge in [-0.1, -0.05) is 12.1 Å². The molecule has 0 radical (unpaired) electrons. The Hall–Kier alpha value is -2.27. The van der Waals surface area contributed by atoms with Crippen molar-refractivity contribution < 1.29 is 19.4 Å². The molecule has 0 aromatic heterocycles. The van der Waals surface area contributed by atoms with E-state index >= 15 is 0 Å². The number of carbonyl (C=O) groups is 1. The van der Waals surface area contributed by atoms with Crippen LogP contribution in [0.5, 0.6) is 11.5 Å². The SMILES string of the molecule is CC1(C)CCc2c(C(=O)N3CCOCC3)cc3c(O)cccc3c2O1. The molecular formula is C20H23NO4. The molecule has 2 aliphatic rings. The van der Waals surface area contributed by atoms with Crippen LogP contribution in [0.4, 0.5) is 0 Å². The molecular weight excluding hydrogens is 318 g/mol. The van der Waals surface area contributed by atoms with Crippen molar-refractivity contribution in [3.05, 3.63) is 35.4 Å². The number of hydrogen-bond donors (Lipinski definition) is 1. The minimum atomic E-state index is -0.286. The highest BCUT2D eigenvalue weighted by Gasteiger charge is 2.33. The zero-order chi connectivity index (χ0) is 17.6. The molecule has 2 aliphatic heterocycles. The number of phenols is 1. The highest BCUT2D eigenvalue weighted by molar-refractivity contribution is 6.04. The molecule has 2 aromatic rings. The first kappa shape index (κ1) is 16.2. The van der Waals surface area contributed by atoms with Crippen LogP contribution >= 0.6 is 0 Å². The second-order valence-corrected chi connectivity index (χ2v) is 7.37. The lowest BCUT2D eigenvalue weighted by atomic mass is 9.88. The van der Waals surface area contributed by atoms with Crippen molar-refractivity contribution in [2.75, 3.05) is 26.3 Å². The Morgan fingerprint density at radius 3 is 2.72 bits per heavy atom. The summed E-state index contributed by atoms with van der Waals surface area (Å²) in [5.74, 6) is 0.901. The molecule has 1 N–H and O–H groups in total. The van der Waals surface area contributed by atoms with Gasteiger partial charge >= 0.3 is 0 Å². The zero-order valence-electron chi connectivity index (χ0n) is 14.7. The molecule has 0 aliphatic carbocycles. The van der Waals surface area contributed by atoms with Gasteiger partial charge in [0.05, 0.1) is 13.2 Å². The van der Waals surface area contributed by atoms with Crippen LogP contribution in [0.2, 0.25) is 0 Å². The molecule has 0 unspecified atom stereocenters. The average Bonchev–Trinajstić information content (AvgIpc) is 2.61. The fourth-order valence-corrected chi connectivity index (χ4v) is 3.66. The highest BCUT2D eigenvalue weighted by Crippen LogP contribution is 2.43. The zero-order valence-corrected chi connectivity index (χ0v) is 14.7. The van der Waals surface area contributed by atoms with E-state index in [9.17, 15) is 9.90 Å². The maximum atomic E-state index is 13.1. The van der Waals surface area contributed by atoms with Gasteiger partial charge in [0.1, 0.15) is 17.1 Å². The van der Waals surface area contributed by atoms with Gasteiger partial charge in [0.25, 0.3) is 5.91 Å². The summed E-state index contributed by atoms with van der Waals surface area (Å²) in [6, 6.07) is 7.22. The van der Waals surface area contributed by atoms with Gasteiger partial charge in [-0.25, -0.2) is 0 Å². The fraction of sp³-hybridized carbons (Fsp3) is 0.450. The number of phenolic OH excluding ortho intramolecular Hbond substituents is 1. The van der Waals surface area contributed by atoms with Gasteiger partial charge in [0, 0.05) is 35.0 Å². The first-order valence-electron chi connectivity index (χ1n) is 8.80. The van der Waals surface area contributed by atoms with E-state index in [-0.39, 0.29) is 17.3 Å². The fourth-order valence-electron chi connectivity index (χ4n) is 3.66. The van der Waals surface area contributed by atoms with Crippen LogP contribution in [0.25, 0.3) is 10.8 Å². The van der Waals surface area contributed by atoms with Crippen molar-refractivity contribution in [2.24, 2.45) is 0 Å². The second kappa shape index (κ2) is 5.92. The first-order chi connectivity index (χ1) is 12.0. The van der Waals surface area contributed by atoms with Gasteiger partial charge in [-0.3, -0.25) is 4.79 Å². The smallest absolute Gasteiger partial charge is 0.254 e. The molecule has 0 atom stereocenters. The number of fused-ring (bicyclic) bond motifs is 3. The summed E-state index contributed by atoms with van der Waals surface area (Å²) in [6.07, 6.45) is 1.65. The van der Waals surface area contributed by atoms with Crippen molar-refractivity contribution in [3.63, 3.8) is 0 Å². The number of nitrogens with zero attached hydrogens (tertiary/aromatic N) is 1. The van der Waals surface area contributed by atoms with E-state index in [1.807, 2.05) is 23.1 Å². The lowest BCUT2D eigenvalue weighted by molar-refractivity contribution is 0.0299. The number of amides is 1. The molecule has 25 heavy (non-hydrogen) atoms. The minimum Gasteiger partial charge on any atom is -0.507 e. The molecule has 132 valence electrons. The standard InChI is InChI=1S/C20H23NO4/c1-20(2)7-6-14-16(19(23)21-8-10-24-11-9-21)12-15-13(18(14)25-20)4-3-5-17(15)22/h3-5,12,22H,6-11H2,1-2H3. The Labute approximate surface area is 147 Å². The maximum absolute atomic E-state index is 13.1. The monoisotopic (exact) mass is 341 g/mol. The topological polar surface area (TPSA) is 59.0 Å². The maximum Gasteiger partial charge on any atom is 0.254 e. The van der Waals surface area contributed by atoms with Crippen LogP contribution in [-0.2, 0) is 11.2 Å². The molecule has 0 bridgehead atoms. The summed E-state index contributed by atoms with van der Waals surface area (Å²) < 4.78 is 11.6. The average molecular weight is 341 g/mol. The summed E-state index contributed by atoms with van der Waals surface area (Å²) in [5.41, 5.74) is 1.31. The van der Waals surface area contributed by atoms with Crippen LogP contribution in [0.15, 0.2) is 24.3 Å². The molecule has 4 rings (SSSR count). The van der Waals surface area contributed by atoms with Gasteiger partial charge in [-0.2, -0.15) is 0 Å². The number of benzene rings is 2. The highest BCUT2D eigenvalue weighted by atomic mass is 16.5. The van der Waals surface area contributed by atoms with E-state index in [0.717, 1.165) is 29.5 Å². The van der Waals surface area contributed by atoms with Crippen LogP contribution in [0.1, 0.15) is 36.2 Å². The van der Waals surface area contributed by atoms with Crippen molar-refractivity contribution in [2.45, 2.75) is 32.3 Å². The van der Waals surface area contributed by atoms with E-state index in [2.05, 4.69) is 13.8 Å². The second-order valence-electron chi connectivity index (χ2n) is 7.37. The third-order valence-electron chi connectivity index (χ3n) is 5.10. The molecule has 2 aromatic carbocycles. The van der Waals surface area contributed by atoms with Crippen molar-refractivity contribution >= 4 is 16.7 Å². The van der Waals surface area contributed by atoms with Crippen LogP contribution in [0, 0.1) is 0 Å². The summed E-state index contributed by atoms with van der Waals surface area (Å²) in [4.78, 5) is 14.9. The minimum absolute atomic E-state index is 0.00647. The van der Waals surface area contributed by atoms with E-state index in [0.29, 0.717) is 37.3 Å². The van der Waals surface area contributed by atoms with E-state index < -0.39 is 0 Å². The Bertz CT molecular complexity index is 837. The molecule has 1 amide bonds. The first-order valence-corrected chi connectivity index (χ1v) is 8.80. The largest absolute Gasteiger partial charge is 0.507 e. The van der Waals surface area contributed by atoms with Crippen molar-refractivity contribution in [3.8, 4) is 11.5 Å². The summed E-state index contributed by atoms with van der Waals surface area (Å²) in [6.45, 7) is 6.44. The molecule has 0 saturated carbocycles. The predicted octanol–water partition coefficient (Wildman–Crippen LogP) is 3.12. The van der Waals surface area contributed by atoms with Crippen LogP contribution < -0.4 is 4.74 Å². The summed E-state index contributed by atoms with van der Waals surface area (Å²) in [5, 5.41) is 11.8. The quantitative estimate of drug-likeness (QED) is 0.866. The van der Waals surface area contributed by atoms with Gasteiger partial charge in [0.15, 0.2) is 0 Å². The van der Waals surface area contributed by atoms with E-state index in [4.69, 9.17) is 9.47 Å². The third-order valence-corrected chi connectivity index (χ3v) is 5.10. The van der Waals surface area contributed by atoms with Gasteiger partial charge in [0.2, 0.25) is 0 Å². The molecule has 1 saturated heterocycles. The van der Waals surface area contributed by atoms with Crippen molar-refractivity contribution in [1.29, 1.82) is 0 Å². The Morgan fingerprint density at radius 1 is 1.20 bits per heavy atom. The number of ether oxygens (including phenoxy) is 2. The normalized spacial score (nSPS) is 19.4. The van der Waals surface area contributed by atoms with Gasteiger partial charge in [-0.05, 0) is 38.8 Å². The summed E-state index contributed by atoms with van der Waals surface area (Å²) in [7, 11) is 0. The summed E-state index contributed by atoms with van der Waals surface area (Å²) >= 11 is 0.